The number of nitro groups is 1. The second-order valence-corrected chi connectivity index (χ2v) is 11.0. The number of aryl methyl sites for hydroxylation is 1. The Kier molecular flexibility index (Phi) is 12.2. The van der Waals surface area contributed by atoms with Crippen LogP contribution in [-0.4, -0.2) is 51.0 Å². The zero-order valence-electron chi connectivity index (χ0n) is 23.4. The maximum atomic E-state index is 13.4. The van der Waals surface area contributed by atoms with Gasteiger partial charge in [0, 0.05) is 30.8 Å². The van der Waals surface area contributed by atoms with E-state index in [2.05, 4.69) is 20.1 Å². The number of anilines is 1. The number of carbonyl (C=O) groups excluding carboxylic acids is 3. The van der Waals surface area contributed by atoms with E-state index in [1.54, 1.807) is 36.4 Å². The van der Waals surface area contributed by atoms with E-state index in [9.17, 15) is 32.9 Å². The fourth-order valence-electron chi connectivity index (χ4n) is 3.94. The van der Waals surface area contributed by atoms with Gasteiger partial charge in [0.25, 0.3) is 5.69 Å². The Morgan fingerprint density at radius 3 is 2.30 bits per heavy atom. The third-order valence-electron chi connectivity index (χ3n) is 6.22. The summed E-state index contributed by atoms with van der Waals surface area (Å²) in [6, 6.07) is 18.8. The molecule has 228 valence electrons. The minimum Gasteiger partial charge on any atom is -0.469 e. The molecule has 0 radical (unpaired) electrons. The van der Waals surface area contributed by atoms with Gasteiger partial charge in [-0.2, -0.15) is 4.72 Å². The summed E-state index contributed by atoms with van der Waals surface area (Å²) in [5.41, 5.74) is 1.54. The van der Waals surface area contributed by atoms with Gasteiger partial charge in [-0.1, -0.05) is 48.5 Å². The highest BCUT2D eigenvalue weighted by molar-refractivity contribution is 7.89. The minimum atomic E-state index is -4.27. The summed E-state index contributed by atoms with van der Waals surface area (Å²) in [6.07, 6.45) is -0.133. The van der Waals surface area contributed by atoms with Crippen LogP contribution in [0.1, 0.15) is 30.4 Å². The van der Waals surface area contributed by atoms with E-state index in [4.69, 9.17) is 4.74 Å². The van der Waals surface area contributed by atoms with E-state index in [1.165, 1.54) is 7.11 Å². The molecule has 2 amide bonds. The van der Waals surface area contributed by atoms with Crippen molar-refractivity contribution in [3.8, 4) is 0 Å². The van der Waals surface area contributed by atoms with Crippen LogP contribution in [0.4, 0.5) is 16.2 Å². The number of ether oxygens (including phenoxy) is 2. The number of alkyl carbamates (subject to hydrolysis) is 1. The van der Waals surface area contributed by atoms with E-state index in [0.717, 1.165) is 29.8 Å². The average Bonchev–Trinajstić information content (AvgIpc) is 3.01. The molecule has 3 aromatic carbocycles. The highest BCUT2D eigenvalue weighted by Gasteiger charge is 2.27. The number of hydrogen-bond donors (Lipinski definition) is 3. The van der Waals surface area contributed by atoms with Gasteiger partial charge < -0.3 is 20.1 Å². The van der Waals surface area contributed by atoms with Crippen molar-refractivity contribution >= 4 is 39.4 Å². The zero-order chi connectivity index (χ0) is 31.2. The van der Waals surface area contributed by atoms with Crippen LogP contribution in [0.15, 0.2) is 83.8 Å². The number of hydrogen-bond acceptors (Lipinski definition) is 9. The quantitative estimate of drug-likeness (QED) is 0.0997. The van der Waals surface area contributed by atoms with E-state index >= 15 is 0 Å². The Morgan fingerprint density at radius 1 is 0.953 bits per heavy atom. The van der Waals surface area contributed by atoms with Gasteiger partial charge in [0.2, 0.25) is 15.9 Å². The average molecular weight is 613 g/mol. The molecule has 0 spiro atoms. The number of carbonyl (C=O) groups is 3. The van der Waals surface area contributed by atoms with Crippen molar-refractivity contribution in [2.75, 3.05) is 19.0 Å². The summed E-state index contributed by atoms with van der Waals surface area (Å²) < 4.78 is 38.4. The smallest absolute Gasteiger partial charge is 0.407 e. The number of nitro benzene ring substituents is 1. The highest BCUT2D eigenvalue weighted by atomic mass is 32.2. The molecule has 0 aliphatic rings. The summed E-state index contributed by atoms with van der Waals surface area (Å²) in [5.74, 6) is -1.10. The van der Waals surface area contributed by atoms with E-state index in [0.29, 0.717) is 11.3 Å². The molecule has 3 N–H and O–H groups in total. The van der Waals surface area contributed by atoms with Crippen molar-refractivity contribution in [1.29, 1.82) is 0 Å². The second kappa shape index (κ2) is 16.0. The summed E-state index contributed by atoms with van der Waals surface area (Å²) >= 11 is 0. The number of non-ortho nitro benzene ring substituents is 1. The number of nitrogens with one attached hydrogen (secondary N) is 3. The fraction of sp³-hybridized carbons (Fsp3) is 0.276. The van der Waals surface area contributed by atoms with Gasteiger partial charge in [0.1, 0.15) is 12.6 Å². The Balaban J connectivity index is 1.69. The first-order valence-corrected chi connectivity index (χ1v) is 14.7. The number of sulfonamides is 1. The van der Waals surface area contributed by atoms with Crippen molar-refractivity contribution in [1.82, 2.24) is 10.0 Å². The lowest BCUT2D eigenvalue weighted by Gasteiger charge is -2.20. The monoisotopic (exact) mass is 612 g/mol. The van der Waals surface area contributed by atoms with Crippen molar-refractivity contribution < 1.29 is 37.2 Å². The zero-order valence-corrected chi connectivity index (χ0v) is 24.2. The number of rotatable bonds is 15. The molecule has 3 rings (SSSR count). The maximum absolute atomic E-state index is 13.4. The Hall–Kier alpha value is -4.82. The SMILES string of the molecule is COC(=O)CCc1ccccc1NC(=O)[C@H](CCCNC(=O)OCc1ccccc1)NS(=O)(=O)c1ccc([N+](=O)[O-])cc1. The van der Waals surface area contributed by atoms with E-state index < -0.39 is 39.0 Å². The lowest BCUT2D eigenvalue weighted by molar-refractivity contribution is -0.384. The van der Waals surface area contributed by atoms with Crippen LogP contribution in [0.3, 0.4) is 0 Å². The standard InChI is InChI=1S/C29H32N4O9S/c1-41-27(34)18-13-22-10-5-6-11-25(22)31-28(35)26(32-43(39,40)24-16-14-23(15-17-24)33(37)38)12-7-19-30-29(36)42-20-21-8-3-2-4-9-21/h2-6,8-11,14-17,26,32H,7,12-13,18-20H2,1H3,(H,30,36)(H,31,35)/t26-/m0/s1. The van der Waals surface area contributed by atoms with Crippen LogP contribution in [-0.2, 0) is 42.1 Å². The topological polar surface area (TPSA) is 183 Å². The second-order valence-electron chi connectivity index (χ2n) is 9.28. The summed E-state index contributed by atoms with van der Waals surface area (Å²) in [7, 11) is -3.00. The third-order valence-corrected chi connectivity index (χ3v) is 7.71. The third kappa shape index (κ3) is 10.5. The molecule has 0 saturated heterocycles. The molecule has 0 heterocycles. The molecular formula is C29H32N4O9S. The first kappa shape index (κ1) is 32.7. The van der Waals surface area contributed by atoms with Crippen LogP contribution in [0, 0.1) is 10.1 Å². The first-order chi connectivity index (χ1) is 20.6. The van der Waals surface area contributed by atoms with Gasteiger partial charge in [0.15, 0.2) is 0 Å². The van der Waals surface area contributed by atoms with Crippen LogP contribution < -0.4 is 15.4 Å². The molecule has 1 atom stereocenters. The predicted molar refractivity (Wildman–Crippen MR) is 156 cm³/mol. The highest BCUT2D eigenvalue weighted by Crippen LogP contribution is 2.20. The molecule has 13 nitrogen and oxygen atoms in total. The van der Waals surface area contributed by atoms with Gasteiger partial charge in [-0.15, -0.1) is 0 Å². The largest absolute Gasteiger partial charge is 0.469 e. The van der Waals surface area contributed by atoms with Gasteiger partial charge in [-0.3, -0.25) is 19.7 Å². The minimum absolute atomic E-state index is 0.0126. The number of methoxy groups -OCH3 is 1. The normalized spacial score (nSPS) is 11.7. The molecule has 0 fully saturated rings. The Morgan fingerprint density at radius 2 is 1.63 bits per heavy atom. The molecule has 0 bridgehead atoms. The number of para-hydroxylation sites is 1. The lowest BCUT2D eigenvalue weighted by Crippen LogP contribution is -2.44. The van der Waals surface area contributed by atoms with Crippen molar-refractivity contribution in [3.05, 3.63) is 100 Å². The summed E-state index contributed by atoms with van der Waals surface area (Å²) in [5, 5.41) is 16.3. The molecule has 14 heteroatoms. The molecule has 3 aromatic rings. The number of esters is 1. The molecule has 0 aliphatic heterocycles. The number of nitrogens with zero attached hydrogens (tertiary/aromatic N) is 1. The van der Waals surface area contributed by atoms with Crippen LogP contribution in [0.2, 0.25) is 0 Å². The molecule has 0 aliphatic carbocycles. The number of amides is 2. The first-order valence-electron chi connectivity index (χ1n) is 13.3. The fourth-order valence-corrected chi connectivity index (χ4v) is 5.17. The molecular weight excluding hydrogens is 580 g/mol. The molecule has 0 unspecified atom stereocenters. The Labute approximate surface area is 248 Å². The summed E-state index contributed by atoms with van der Waals surface area (Å²) in [6.45, 7) is 0.161. The van der Waals surface area contributed by atoms with Crippen molar-refractivity contribution in [2.24, 2.45) is 0 Å². The van der Waals surface area contributed by atoms with E-state index in [-0.39, 0.29) is 49.4 Å². The number of benzene rings is 3. The van der Waals surface area contributed by atoms with Crippen molar-refractivity contribution in [2.45, 2.75) is 43.2 Å². The van der Waals surface area contributed by atoms with Gasteiger partial charge in [-0.25, -0.2) is 13.2 Å². The molecule has 0 aromatic heterocycles. The van der Waals surface area contributed by atoms with Gasteiger partial charge in [0.05, 0.1) is 16.9 Å². The van der Waals surface area contributed by atoms with Gasteiger partial charge >= 0.3 is 12.1 Å². The van der Waals surface area contributed by atoms with Crippen LogP contribution in [0.25, 0.3) is 0 Å². The molecule has 43 heavy (non-hydrogen) atoms. The Bertz CT molecular complexity index is 1510. The van der Waals surface area contributed by atoms with Crippen LogP contribution in [0.5, 0.6) is 0 Å². The maximum Gasteiger partial charge on any atom is 0.407 e. The summed E-state index contributed by atoms with van der Waals surface area (Å²) in [4.78, 5) is 47.1. The van der Waals surface area contributed by atoms with Crippen molar-refractivity contribution in [3.63, 3.8) is 0 Å². The van der Waals surface area contributed by atoms with E-state index in [1.807, 2.05) is 18.2 Å². The van der Waals surface area contributed by atoms with Gasteiger partial charge in [-0.05, 0) is 48.6 Å². The lowest BCUT2D eigenvalue weighted by atomic mass is 10.1. The predicted octanol–water partition coefficient (Wildman–Crippen LogP) is 3.69. The van der Waals surface area contributed by atoms with Crippen LogP contribution >= 0.6 is 0 Å². The molecule has 0 saturated carbocycles.